The lowest BCUT2D eigenvalue weighted by molar-refractivity contribution is 1.14. The van der Waals surface area contributed by atoms with Crippen LogP contribution in [0, 0.1) is 0 Å². The molecule has 0 saturated carbocycles. The van der Waals surface area contributed by atoms with Crippen LogP contribution in [0.15, 0.2) is 146 Å². The predicted molar refractivity (Wildman–Crippen MR) is 144 cm³/mol. The molecule has 0 aromatic heterocycles. The second-order valence-corrected chi connectivity index (χ2v) is 11.7. The van der Waals surface area contributed by atoms with Gasteiger partial charge in [-0.25, -0.2) is 0 Å². The van der Waals surface area contributed by atoms with Crippen molar-refractivity contribution < 1.29 is 0 Å². The van der Waals surface area contributed by atoms with Crippen molar-refractivity contribution in [3.05, 3.63) is 157 Å². The first-order valence-corrected chi connectivity index (χ1v) is 13.1. The summed E-state index contributed by atoms with van der Waals surface area (Å²) in [6.07, 6.45) is 0. The Kier molecular flexibility index (Phi) is 6.07. The van der Waals surface area contributed by atoms with Crippen LogP contribution in [0.4, 0.5) is 5.69 Å². The highest BCUT2D eigenvalue weighted by molar-refractivity contribution is 7.96. The van der Waals surface area contributed by atoms with E-state index in [2.05, 4.69) is 133 Å². The minimum atomic E-state index is -2.21. The summed E-state index contributed by atoms with van der Waals surface area (Å²) in [6, 6.07) is 52.2. The molecule has 0 saturated heterocycles. The summed E-state index contributed by atoms with van der Waals surface area (Å²) in [5.41, 5.74) is 10.1. The molecule has 1 unspecified atom stereocenters. The molecule has 1 atom stereocenters. The van der Waals surface area contributed by atoms with E-state index in [-0.39, 0.29) is 5.66 Å². The van der Waals surface area contributed by atoms with Crippen molar-refractivity contribution in [3.8, 4) is 0 Å². The number of rotatable bonds is 6. The summed E-state index contributed by atoms with van der Waals surface area (Å²) in [6.45, 7) is 0. The van der Waals surface area contributed by atoms with Crippen LogP contribution in [0.3, 0.4) is 0 Å². The van der Waals surface area contributed by atoms with E-state index in [0.717, 1.165) is 5.69 Å². The molecule has 0 aliphatic heterocycles. The Balaban J connectivity index is 1.97. The smallest absolute Gasteiger partial charge is 0.135 e. The molecule has 33 heavy (non-hydrogen) atoms. The zero-order chi connectivity index (χ0) is 22.5. The highest BCUT2D eigenvalue weighted by Gasteiger charge is 2.54. The minimum absolute atomic E-state index is 0.0760. The summed E-state index contributed by atoms with van der Waals surface area (Å²) in [4.78, 5) is 0. The molecule has 0 aliphatic rings. The Morgan fingerprint density at radius 3 is 1.21 bits per heavy atom. The SMILES string of the molecule is Nc1ccccc1C(c1ccccc1)[P+](c1ccccc1)(c1ccccc1)c1ccccc1. The highest BCUT2D eigenvalue weighted by atomic mass is 31.2. The second kappa shape index (κ2) is 9.45. The molecule has 5 aromatic carbocycles. The van der Waals surface area contributed by atoms with Gasteiger partial charge in [-0.2, -0.15) is 0 Å². The van der Waals surface area contributed by atoms with E-state index < -0.39 is 7.26 Å². The summed E-state index contributed by atoms with van der Waals surface area (Å²) >= 11 is 0. The van der Waals surface area contributed by atoms with E-state index in [1.165, 1.54) is 27.0 Å². The third kappa shape index (κ3) is 3.86. The number of hydrogen-bond acceptors (Lipinski definition) is 1. The number of hydrogen-bond donors (Lipinski definition) is 1. The van der Waals surface area contributed by atoms with E-state index in [9.17, 15) is 0 Å². The topological polar surface area (TPSA) is 26.0 Å². The van der Waals surface area contributed by atoms with Crippen molar-refractivity contribution in [2.24, 2.45) is 0 Å². The fraction of sp³-hybridized carbons (Fsp3) is 0.0323. The maximum atomic E-state index is 6.71. The number of nitrogen functional groups attached to an aromatic ring is 1. The molecule has 5 rings (SSSR count). The first-order valence-electron chi connectivity index (χ1n) is 11.3. The number of benzene rings is 5. The van der Waals surface area contributed by atoms with Crippen LogP contribution in [-0.4, -0.2) is 0 Å². The summed E-state index contributed by atoms with van der Waals surface area (Å²) in [5, 5.41) is 4.04. The molecule has 0 fully saturated rings. The fourth-order valence-corrected chi connectivity index (χ4v) is 9.88. The van der Waals surface area contributed by atoms with Gasteiger partial charge in [0.25, 0.3) is 0 Å². The van der Waals surface area contributed by atoms with Crippen LogP contribution in [-0.2, 0) is 0 Å². The van der Waals surface area contributed by atoms with E-state index >= 15 is 0 Å². The Bertz CT molecular complexity index is 1210. The lowest BCUT2D eigenvalue weighted by Gasteiger charge is -2.36. The fourth-order valence-electron chi connectivity index (χ4n) is 4.89. The molecule has 5 aromatic rings. The van der Waals surface area contributed by atoms with Crippen molar-refractivity contribution in [2.45, 2.75) is 5.66 Å². The van der Waals surface area contributed by atoms with Gasteiger partial charge < -0.3 is 5.73 Å². The van der Waals surface area contributed by atoms with E-state index in [1.807, 2.05) is 12.1 Å². The van der Waals surface area contributed by atoms with Gasteiger partial charge in [0.15, 0.2) is 0 Å². The van der Waals surface area contributed by atoms with Gasteiger partial charge in [-0.3, -0.25) is 0 Å². The molecule has 0 amide bonds. The first kappa shape index (κ1) is 21.2. The second-order valence-electron chi connectivity index (χ2n) is 8.17. The molecule has 0 bridgehead atoms. The van der Waals surface area contributed by atoms with Gasteiger partial charge in [-0.05, 0) is 48.0 Å². The molecule has 1 nitrogen and oxygen atoms in total. The molecular weight excluding hydrogens is 417 g/mol. The molecule has 0 radical (unpaired) electrons. The highest BCUT2D eigenvalue weighted by Crippen LogP contribution is 2.69. The van der Waals surface area contributed by atoms with Gasteiger partial charge >= 0.3 is 0 Å². The third-order valence-corrected chi connectivity index (χ3v) is 11.0. The quantitative estimate of drug-likeness (QED) is 0.240. The number of nitrogens with two attached hydrogens (primary N) is 1. The molecule has 2 heteroatoms. The van der Waals surface area contributed by atoms with Crippen molar-refractivity contribution >= 4 is 28.9 Å². The van der Waals surface area contributed by atoms with Crippen LogP contribution in [0.2, 0.25) is 0 Å². The summed E-state index contributed by atoms with van der Waals surface area (Å²) < 4.78 is 0. The minimum Gasteiger partial charge on any atom is -0.398 e. The molecule has 0 aliphatic carbocycles. The van der Waals surface area contributed by atoms with Crippen molar-refractivity contribution in [3.63, 3.8) is 0 Å². The van der Waals surface area contributed by atoms with Gasteiger partial charge in [0.1, 0.15) is 28.8 Å². The normalized spacial score (nSPS) is 12.2. The molecule has 160 valence electrons. The van der Waals surface area contributed by atoms with Crippen LogP contribution in [0.25, 0.3) is 0 Å². The molecule has 0 spiro atoms. The number of para-hydroxylation sites is 1. The zero-order valence-electron chi connectivity index (χ0n) is 18.5. The third-order valence-electron chi connectivity index (χ3n) is 6.28. The van der Waals surface area contributed by atoms with Gasteiger partial charge in [0.2, 0.25) is 0 Å². The van der Waals surface area contributed by atoms with E-state index in [1.54, 1.807) is 0 Å². The molecular formula is C31H27NP+. The van der Waals surface area contributed by atoms with Crippen molar-refractivity contribution in [2.75, 3.05) is 5.73 Å². The maximum Gasteiger partial charge on any atom is 0.135 e. The van der Waals surface area contributed by atoms with Crippen molar-refractivity contribution in [1.29, 1.82) is 0 Å². The number of anilines is 1. The molecule has 2 N–H and O–H groups in total. The first-order chi connectivity index (χ1) is 16.3. The Morgan fingerprint density at radius 1 is 0.424 bits per heavy atom. The zero-order valence-corrected chi connectivity index (χ0v) is 19.4. The Labute approximate surface area is 196 Å². The maximum absolute atomic E-state index is 6.71. The van der Waals surface area contributed by atoms with E-state index in [4.69, 9.17) is 5.73 Å². The van der Waals surface area contributed by atoms with Crippen LogP contribution < -0.4 is 21.6 Å². The van der Waals surface area contributed by atoms with Crippen LogP contribution in [0.5, 0.6) is 0 Å². The van der Waals surface area contributed by atoms with Gasteiger partial charge in [0, 0.05) is 11.3 Å². The van der Waals surface area contributed by atoms with Gasteiger partial charge in [-0.1, -0.05) is 103 Å². The Hall–Kier alpha value is -3.67. The van der Waals surface area contributed by atoms with E-state index in [0.29, 0.717) is 0 Å². The standard InChI is InChI=1S/C31H27NP/c32-30-24-14-13-23-29(30)31(25-15-5-1-6-16-25)33(26-17-7-2-8-18-26,27-19-9-3-10-20-27)28-21-11-4-12-22-28/h1-24,31H,32H2/q+1. The monoisotopic (exact) mass is 444 g/mol. The summed E-state index contributed by atoms with van der Waals surface area (Å²) in [5.74, 6) is 0. The van der Waals surface area contributed by atoms with Gasteiger partial charge in [-0.15, -0.1) is 0 Å². The average Bonchev–Trinajstić information content (AvgIpc) is 2.90. The largest absolute Gasteiger partial charge is 0.398 e. The van der Waals surface area contributed by atoms with Crippen LogP contribution >= 0.6 is 7.26 Å². The molecule has 0 heterocycles. The lowest BCUT2D eigenvalue weighted by atomic mass is 10.0. The lowest BCUT2D eigenvalue weighted by Crippen LogP contribution is -2.36. The van der Waals surface area contributed by atoms with Gasteiger partial charge in [0.05, 0.1) is 0 Å². The van der Waals surface area contributed by atoms with Crippen LogP contribution in [0.1, 0.15) is 16.8 Å². The average molecular weight is 445 g/mol. The van der Waals surface area contributed by atoms with Crippen molar-refractivity contribution in [1.82, 2.24) is 0 Å². The summed E-state index contributed by atoms with van der Waals surface area (Å²) in [7, 11) is -2.21. The predicted octanol–water partition coefficient (Wildman–Crippen LogP) is 6.35. The Morgan fingerprint density at radius 2 is 0.788 bits per heavy atom.